The van der Waals surface area contributed by atoms with Crippen LogP contribution in [0.3, 0.4) is 0 Å². The van der Waals surface area contributed by atoms with Crippen molar-refractivity contribution >= 4 is 35.4 Å². The highest BCUT2D eigenvalue weighted by Crippen LogP contribution is 2.33. The molecule has 3 nitrogen and oxygen atoms in total. The van der Waals surface area contributed by atoms with Crippen molar-refractivity contribution < 1.29 is 0 Å². The van der Waals surface area contributed by atoms with Crippen LogP contribution >= 0.6 is 35.4 Å². The fraction of sp³-hybridized carbons (Fsp3) is 0.273. The number of nitrogens with one attached hydrogen (secondary N) is 1. The van der Waals surface area contributed by atoms with Gasteiger partial charge in [-0.05, 0) is 38.2 Å². The van der Waals surface area contributed by atoms with Crippen molar-refractivity contribution in [1.82, 2.24) is 14.8 Å². The number of aromatic nitrogens is 3. The third-order valence-corrected chi connectivity index (χ3v) is 3.52. The molecule has 17 heavy (non-hydrogen) atoms. The summed E-state index contributed by atoms with van der Waals surface area (Å²) in [6.45, 7) is 4.07. The smallest absolute Gasteiger partial charge is 0.195 e. The molecule has 1 aromatic carbocycles. The molecule has 2 rings (SSSR count). The van der Waals surface area contributed by atoms with Gasteiger partial charge in [0.1, 0.15) is 0 Å². The molecule has 6 heteroatoms. The van der Waals surface area contributed by atoms with Crippen LogP contribution in [0.4, 0.5) is 0 Å². The van der Waals surface area contributed by atoms with Gasteiger partial charge in [-0.15, -0.1) is 0 Å². The van der Waals surface area contributed by atoms with Gasteiger partial charge in [0.25, 0.3) is 0 Å². The molecule has 0 fully saturated rings. The van der Waals surface area contributed by atoms with Crippen molar-refractivity contribution in [2.45, 2.75) is 19.9 Å². The largest absolute Gasteiger partial charge is 0.298 e. The maximum atomic E-state index is 6.18. The van der Waals surface area contributed by atoms with Gasteiger partial charge in [0.15, 0.2) is 10.6 Å². The van der Waals surface area contributed by atoms with E-state index in [4.69, 9.17) is 35.4 Å². The number of hydrogen-bond donors (Lipinski definition) is 1. The molecule has 0 spiro atoms. The molecule has 0 radical (unpaired) electrons. The average molecular weight is 288 g/mol. The molecule has 2 aromatic rings. The molecule has 0 aliphatic heterocycles. The summed E-state index contributed by atoms with van der Waals surface area (Å²) >= 11 is 17.4. The van der Waals surface area contributed by atoms with E-state index in [-0.39, 0.29) is 6.04 Å². The van der Waals surface area contributed by atoms with Crippen molar-refractivity contribution in [2.24, 2.45) is 0 Å². The van der Waals surface area contributed by atoms with Crippen LogP contribution in [0.1, 0.15) is 19.9 Å². The first-order chi connectivity index (χ1) is 8.02. The van der Waals surface area contributed by atoms with Crippen LogP contribution < -0.4 is 0 Å². The van der Waals surface area contributed by atoms with Gasteiger partial charge in [0.2, 0.25) is 0 Å². The maximum Gasteiger partial charge on any atom is 0.195 e. The number of hydrogen-bond acceptors (Lipinski definition) is 2. The highest BCUT2D eigenvalue weighted by atomic mass is 35.5. The van der Waals surface area contributed by atoms with Crippen molar-refractivity contribution in [3.05, 3.63) is 33.0 Å². The molecule has 1 N–H and O–H groups in total. The summed E-state index contributed by atoms with van der Waals surface area (Å²) in [4.78, 5) is 0. The number of aromatic amines is 1. The van der Waals surface area contributed by atoms with E-state index in [2.05, 4.69) is 10.2 Å². The minimum atomic E-state index is 0.200. The van der Waals surface area contributed by atoms with Gasteiger partial charge in [-0.25, -0.2) is 0 Å². The Morgan fingerprint density at radius 3 is 2.71 bits per heavy atom. The highest BCUT2D eigenvalue weighted by Gasteiger charge is 2.15. The Hall–Kier alpha value is -0.840. The fourth-order valence-corrected chi connectivity index (χ4v) is 2.38. The van der Waals surface area contributed by atoms with Crippen LogP contribution in [0.5, 0.6) is 0 Å². The van der Waals surface area contributed by atoms with E-state index >= 15 is 0 Å². The van der Waals surface area contributed by atoms with Crippen LogP contribution in [0.2, 0.25) is 10.0 Å². The zero-order valence-corrected chi connectivity index (χ0v) is 11.7. The molecule has 0 saturated carbocycles. The summed E-state index contributed by atoms with van der Waals surface area (Å²) in [5.74, 6) is 0.706. The summed E-state index contributed by atoms with van der Waals surface area (Å²) in [6, 6.07) is 5.66. The summed E-state index contributed by atoms with van der Waals surface area (Å²) in [5.41, 5.74) is 0.778. The Morgan fingerprint density at radius 1 is 1.35 bits per heavy atom. The second kappa shape index (κ2) is 4.80. The third kappa shape index (κ3) is 2.25. The van der Waals surface area contributed by atoms with E-state index in [1.165, 1.54) is 0 Å². The van der Waals surface area contributed by atoms with E-state index in [1.54, 1.807) is 6.07 Å². The van der Waals surface area contributed by atoms with Crippen LogP contribution in [-0.4, -0.2) is 14.8 Å². The molecule has 0 bridgehead atoms. The summed E-state index contributed by atoms with van der Waals surface area (Å²) < 4.78 is 2.48. The van der Waals surface area contributed by atoms with Crippen LogP contribution in [0, 0.1) is 4.77 Å². The zero-order chi connectivity index (χ0) is 12.6. The van der Waals surface area contributed by atoms with E-state index in [0.29, 0.717) is 20.6 Å². The lowest BCUT2D eigenvalue weighted by Gasteiger charge is -2.11. The van der Waals surface area contributed by atoms with E-state index in [9.17, 15) is 0 Å². The molecule has 0 saturated heterocycles. The zero-order valence-electron chi connectivity index (χ0n) is 9.37. The van der Waals surface area contributed by atoms with Crippen molar-refractivity contribution in [3.63, 3.8) is 0 Å². The number of rotatable bonds is 2. The molecular formula is C11H11Cl2N3S. The number of halogens is 2. The lowest BCUT2D eigenvalue weighted by atomic mass is 10.2. The Kier molecular flexibility index (Phi) is 3.56. The molecule has 0 amide bonds. The molecule has 1 heterocycles. The van der Waals surface area contributed by atoms with E-state index < -0.39 is 0 Å². The van der Waals surface area contributed by atoms with Gasteiger partial charge < -0.3 is 0 Å². The monoisotopic (exact) mass is 287 g/mol. The topological polar surface area (TPSA) is 33.6 Å². The SMILES string of the molecule is CC(C)n1c(-c2cccc(Cl)c2Cl)n[nH]c1=S. The molecule has 90 valence electrons. The molecule has 1 aromatic heterocycles. The van der Waals surface area contributed by atoms with E-state index in [1.807, 2.05) is 30.5 Å². The lowest BCUT2D eigenvalue weighted by molar-refractivity contribution is 0.597. The first-order valence-corrected chi connectivity index (χ1v) is 6.30. The highest BCUT2D eigenvalue weighted by molar-refractivity contribution is 7.71. The Labute approximate surface area is 114 Å². The van der Waals surface area contributed by atoms with Crippen LogP contribution in [0.25, 0.3) is 11.4 Å². The molecule has 0 aliphatic rings. The van der Waals surface area contributed by atoms with Gasteiger partial charge in [-0.2, -0.15) is 5.10 Å². The summed E-state index contributed by atoms with van der Waals surface area (Å²) in [6.07, 6.45) is 0. The number of H-pyrrole nitrogens is 1. The Morgan fingerprint density at radius 2 is 2.06 bits per heavy atom. The minimum absolute atomic E-state index is 0.200. The standard InChI is InChI=1S/C11H11Cl2N3S/c1-6(2)16-10(14-15-11(16)17)7-4-3-5-8(12)9(7)13/h3-6H,1-2H3,(H,15,17). The van der Waals surface area contributed by atoms with Crippen LogP contribution in [0.15, 0.2) is 18.2 Å². The van der Waals surface area contributed by atoms with Crippen molar-refractivity contribution in [3.8, 4) is 11.4 Å². The molecular weight excluding hydrogens is 277 g/mol. The summed E-state index contributed by atoms with van der Waals surface area (Å²) in [7, 11) is 0. The summed E-state index contributed by atoms with van der Waals surface area (Å²) in [5, 5.41) is 7.99. The maximum absolute atomic E-state index is 6.18. The predicted molar refractivity (Wildman–Crippen MR) is 73.3 cm³/mol. The van der Waals surface area contributed by atoms with Gasteiger partial charge in [0.05, 0.1) is 10.0 Å². The normalized spacial score (nSPS) is 11.1. The van der Waals surface area contributed by atoms with Crippen molar-refractivity contribution in [2.75, 3.05) is 0 Å². The van der Waals surface area contributed by atoms with Gasteiger partial charge in [-0.1, -0.05) is 29.3 Å². The molecule has 0 unspecified atom stereocenters. The second-order valence-corrected chi connectivity index (χ2v) is 5.09. The Balaban J connectivity index is 2.69. The van der Waals surface area contributed by atoms with Gasteiger partial charge >= 0.3 is 0 Å². The number of nitrogens with zero attached hydrogens (tertiary/aromatic N) is 2. The van der Waals surface area contributed by atoms with E-state index in [0.717, 1.165) is 5.56 Å². The first kappa shape index (κ1) is 12.6. The number of benzene rings is 1. The molecule has 0 atom stereocenters. The van der Waals surface area contributed by atoms with Crippen LogP contribution in [-0.2, 0) is 0 Å². The van der Waals surface area contributed by atoms with Gasteiger partial charge in [-0.3, -0.25) is 9.67 Å². The van der Waals surface area contributed by atoms with Crippen molar-refractivity contribution in [1.29, 1.82) is 0 Å². The average Bonchev–Trinajstić information content (AvgIpc) is 2.64. The fourth-order valence-electron chi connectivity index (χ4n) is 1.65. The lowest BCUT2D eigenvalue weighted by Crippen LogP contribution is -2.03. The van der Waals surface area contributed by atoms with Gasteiger partial charge in [0, 0.05) is 11.6 Å². The molecule has 0 aliphatic carbocycles. The second-order valence-electron chi connectivity index (χ2n) is 3.92. The minimum Gasteiger partial charge on any atom is -0.298 e. The first-order valence-electron chi connectivity index (χ1n) is 5.13. The predicted octanol–water partition coefficient (Wildman–Crippen LogP) is 4.50. The third-order valence-electron chi connectivity index (χ3n) is 2.41. The Bertz CT molecular complexity index is 601. The quantitative estimate of drug-likeness (QED) is 0.826.